The number of nitrogens with one attached hydrogen (secondary N) is 2. The Labute approximate surface area is 177 Å². The summed E-state index contributed by atoms with van der Waals surface area (Å²) in [7, 11) is 1.67. The van der Waals surface area contributed by atoms with E-state index in [-0.39, 0.29) is 0 Å². The van der Waals surface area contributed by atoms with E-state index in [9.17, 15) is 0 Å². The molecule has 3 aromatic rings. The van der Waals surface area contributed by atoms with Crippen molar-refractivity contribution < 1.29 is 4.74 Å². The van der Waals surface area contributed by atoms with Gasteiger partial charge in [0.25, 0.3) is 0 Å². The molecule has 8 nitrogen and oxygen atoms in total. The molecule has 2 aromatic heterocycles. The fraction of sp³-hybridized carbons (Fsp3) is 0.364. The van der Waals surface area contributed by atoms with E-state index in [1.54, 1.807) is 13.3 Å². The quantitative estimate of drug-likeness (QED) is 0.500. The topological polar surface area (TPSA) is 88.1 Å². The van der Waals surface area contributed by atoms with E-state index in [0.29, 0.717) is 24.4 Å². The summed E-state index contributed by atoms with van der Waals surface area (Å²) in [5, 5.41) is 6.61. The Morgan fingerprint density at radius 1 is 0.900 bits per heavy atom. The van der Waals surface area contributed by atoms with Crippen molar-refractivity contribution in [2.24, 2.45) is 0 Å². The number of hydrogen-bond donors (Lipinski definition) is 2. The van der Waals surface area contributed by atoms with Crippen LogP contribution in [0.4, 0.5) is 17.8 Å². The largest absolute Gasteiger partial charge is 0.497 e. The van der Waals surface area contributed by atoms with E-state index in [2.05, 4.69) is 61.4 Å². The summed E-state index contributed by atoms with van der Waals surface area (Å²) in [6, 6.07) is 12.0. The molecule has 2 N–H and O–H groups in total. The van der Waals surface area contributed by atoms with E-state index in [1.165, 1.54) is 5.56 Å². The predicted octanol–water partition coefficient (Wildman–Crippen LogP) is 3.39. The number of ether oxygens (including phenoxy) is 1. The fourth-order valence-electron chi connectivity index (χ4n) is 2.97. The first-order chi connectivity index (χ1) is 14.7. The SMILES string of the molecule is CCN(CC)c1nc(NCCc2ccc(OC)cc2)nc(NCc2cccnc2)n1. The van der Waals surface area contributed by atoms with Gasteiger partial charge in [-0.25, -0.2) is 0 Å². The van der Waals surface area contributed by atoms with Crippen molar-refractivity contribution >= 4 is 17.8 Å². The zero-order valence-corrected chi connectivity index (χ0v) is 17.8. The van der Waals surface area contributed by atoms with E-state index in [4.69, 9.17) is 4.74 Å². The number of anilines is 3. The van der Waals surface area contributed by atoms with Gasteiger partial charge in [0.1, 0.15) is 5.75 Å². The van der Waals surface area contributed by atoms with Crippen LogP contribution in [0.3, 0.4) is 0 Å². The van der Waals surface area contributed by atoms with Gasteiger partial charge in [-0.3, -0.25) is 4.98 Å². The number of aromatic nitrogens is 4. The highest BCUT2D eigenvalue weighted by molar-refractivity contribution is 5.44. The van der Waals surface area contributed by atoms with Gasteiger partial charge in [-0.15, -0.1) is 0 Å². The van der Waals surface area contributed by atoms with Crippen molar-refractivity contribution in [3.63, 3.8) is 0 Å². The minimum Gasteiger partial charge on any atom is -0.497 e. The molecule has 0 aliphatic heterocycles. The Morgan fingerprint density at radius 3 is 2.27 bits per heavy atom. The highest BCUT2D eigenvalue weighted by Gasteiger charge is 2.11. The van der Waals surface area contributed by atoms with Crippen molar-refractivity contribution in [3.05, 3.63) is 59.9 Å². The van der Waals surface area contributed by atoms with Crippen molar-refractivity contribution in [1.29, 1.82) is 0 Å². The van der Waals surface area contributed by atoms with Crippen LogP contribution in [0, 0.1) is 0 Å². The van der Waals surface area contributed by atoms with Crippen LogP contribution in [0.2, 0.25) is 0 Å². The Morgan fingerprint density at radius 2 is 1.63 bits per heavy atom. The third-order valence-corrected chi connectivity index (χ3v) is 4.70. The summed E-state index contributed by atoms with van der Waals surface area (Å²) in [6.07, 6.45) is 4.44. The molecule has 0 radical (unpaired) electrons. The van der Waals surface area contributed by atoms with Gasteiger partial charge < -0.3 is 20.3 Å². The molecule has 8 heteroatoms. The molecule has 3 rings (SSSR count). The molecule has 158 valence electrons. The van der Waals surface area contributed by atoms with Crippen LogP contribution in [0.25, 0.3) is 0 Å². The maximum atomic E-state index is 5.21. The number of hydrogen-bond acceptors (Lipinski definition) is 8. The molecular weight excluding hydrogens is 378 g/mol. The van der Waals surface area contributed by atoms with Crippen molar-refractivity contribution in [2.75, 3.05) is 42.3 Å². The molecule has 0 aliphatic rings. The maximum absolute atomic E-state index is 5.21. The van der Waals surface area contributed by atoms with Gasteiger partial charge in [-0.2, -0.15) is 15.0 Å². The van der Waals surface area contributed by atoms with Gasteiger partial charge in [-0.1, -0.05) is 18.2 Å². The van der Waals surface area contributed by atoms with E-state index < -0.39 is 0 Å². The first-order valence-electron chi connectivity index (χ1n) is 10.2. The fourth-order valence-corrected chi connectivity index (χ4v) is 2.97. The lowest BCUT2D eigenvalue weighted by Crippen LogP contribution is -2.25. The molecule has 30 heavy (non-hydrogen) atoms. The molecule has 2 heterocycles. The molecule has 0 atom stereocenters. The van der Waals surface area contributed by atoms with Gasteiger partial charge in [-0.05, 0) is 49.6 Å². The second-order valence-electron chi connectivity index (χ2n) is 6.69. The van der Waals surface area contributed by atoms with Crippen molar-refractivity contribution in [2.45, 2.75) is 26.8 Å². The summed E-state index contributed by atoms with van der Waals surface area (Å²) in [6.45, 7) is 7.15. The van der Waals surface area contributed by atoms with Gasteiger partial charge in [0.05, 0.1) is 7.11 Å². The second-order valence-corrected chi connectivity index (χ2v) is 6.69. The first-order valence-corrected chi connectivity index (χ1v) is 10.2. The van der Waals surface area contributed by atoms with Crippen LogP contribution < -0.4 is 20.3 Å². The van der Waals surface area contributed by atoms with Crippen molar-refractivity contribution in [1.82, 2.24) is 19.9 Å². The third-order valence-electron chi connectivity index (χ3n) is 4.70. The normalized spacial score (nSPS) is 10.5. The van der Waals surface area contributed by atoms with E-state index in [0.717, 1.165) is 37.4 Å². The minimum absolute atomic E-state index is 0.544. The summed E-state index contributed by atoms with van der Waals surface area (Å²) in [4.78, 5) is 20.0. The smallest absolute Gasteiger partial charge is 0.231 e. The summed E-state index contributed by atoms with van der Waals surface area (Å²) in [5.74, 6) is 2.63. The first kappa shape index (κ1) is 21.3. The lowest BCUT2D eigenvalue weighted by atomic mass is 10.1. The summed E-state index contributed by atoms with van der Waals surface area (Å²) < 4.78 is 5.21. The molecule has 1 aromatic carbocycles. The lowest BCUT2D eigenvalue weighted by molar-refractivity contribution is 0.414. The highest BCUT2D eigenvalue weighted by atomic mass is 16.5. The number of rotatable bonds is 11. The van der Waals surface area contributed by atoms with E-state index in [1.807, 2.05) is 30.5 Å². The Hall–Kier alpha value is -3.42. The number of benzene rings is 1. The number of nitrogens with zero attached hydrogens (tertiary/aromatic N) is 5. The monoisotopic (exact) mass is 407 g/mol. The lowest BCUT2D eigenvalue weighted by Gasteiger charge is -2.20. The van der Waals surface area contributed by atoms with Crippen LogP contribution in [0.1, 0.15) is 25.0 Å². The predicted molar refractivity (Wildman–Crippen MR) is 120 cm³/mol. The highest BCUT2D eigenvalue weighted by Crippen LogP contribution is 2.15. The average Bonchev–Trinajstić information content (AvgIpc) is 2.80. The van der Waals surface area contributed by atoms with Gasteiger partial charge in [0.15, 0.2) is 0 Å². The van der Waals surface area contributed by atoms with Gasteiger partial charge in [0.2, 0.25) is 17.8 Å². The van der Waals surface area contributed by atoms with Gasteiger partial charge in [0, 0.05) is 38.6 Å². The van der Waals surface area contributed by atoms with Crippen LogP contribution in [0.5, 0.6) is 5.75 Å². The van der Waals surface area contributed by atoms with Gasteiger partial charge >= 0.3 is 0 Å². The molecule has 0 saturated carbocycles. The zero-order chi connectivity index (χ0) is 21.2. The van der Waals surface area contributed by atoms with Crippen LogP contribution >= 0.6 is 0 Å². The molecule has 0 saturated heterocycles. The standard InChI is InChI=1S/C22H29N7O/c1-4-29(5-2)22-27-20(24-14-12-17-8-10-19(30-3)11-9-17)26-21(28-22)25-16-18-7-6-13-23-15-18/h6-11,13,15H,4-5,12,14,16H2,1-3H3,(H2,24,25,26,27,28). The zero-order valence-electron chi connectivity index (χ0n) is 17.8. The second kappa shape index (κ2) is 10.9. The van der Waals surface area contributed by atoms with Crippen LogP contribution in [-0.4, -0.2) is 46.7 Å². The molecule has 0 bridgehead atoms. The Balaban J connectivity index is 1.68. The molecule has 0 unspecified atom stereocenters. The Kier molecular flexibility index (Phi) is 7.77. The maximum Gasteiger partial charge on any atom is 0.231 e. The minimum atomic E-state index is 0.544. The van der Waals surface area contributed by atoms with Crippen molar-refractivity contribution in [3.8, 4) is 5.75 Å². The summed E-state index contributed by atoms with van der Waals surface area (Å²) >= 11 is 0. The molecule has 0 fully saturated rings. The molecule has 0 spiro atoms. The third kappa shape index (κ3) is 6.04. The van der Waals surface area contributed by atoms with Crippen LogP contribution in [0.15, 0.2) is 48.8 Å². The average molecular weight is 408 g/mol. The number of methoxy groups -OCH3 is 1. The summed E-state index contributed by atoms with van der Waals surface area (Å²) in [5.41, 5.74) is 2.28. The number of pyridine rings is 1. The van der Waals surface area contributed by atoms with E-state index >= 15 is 0 Å². The molecule has 0 amide bonds. The molecule has 0 aliphatic carbocycles. The molecular formula is C22H29N7O. The van der Waals surface area contributed by atoms with Crippen LogP contribution in [-0.2, 0) is 13.0 Å². The Bertz CT molecular complexity index is 899.